The molecule has 0 unspecified atom stereocenters. The Hall–Kier alpha value is -1.78. The van der Waals surface area contributed by atoms with Crippen molar-refractivity contribution in [3.63, 3.8) is 0 Å². The van der Waals surface area contributed by atoms with Crippen LogP contribution in [0.1, 0.15) is 32.1 Å². The van der Waals surface area contributed by atoms with Gasteiger partial charge in [-0.15, -0.1) is 0 Å². The van der Waals surface area contributed by atoms with E-state index in [9.17, 15) is 0 Å². The number of nitrogens with zero attached hydrogens (tertiary/aromatic N) is 2. The predicted octanol–water partition coefficient (Wildman–Crippen LogP) is -0.773. The highest BCUT2D eigenvalue weighted by Gasteiger charge is 2.08. The van der Waals surface area contributed by atoms with Gasteiger partial charge >= 0.3 is 0 Å². The molecule has 2 aromatic carbocycles. The Morgan fingerprint density at radius 1 is 0.448 bits per heavy atom. The number of hydrogen-bond donors (Lipinski definition) is 0. The largest absolute Gasteiger partial charge is 1.00 e. The molecule has 0 atom stereocenters. The van der Waals surface area contributed by atoms with Crippen molar-refractivity contribution in [1.29, 1.82) is 0 Å². The van der Waals surface area contributed by atoms with Crippen molar-refractivity contribution >= 4 is 21.8 Å². The summed E-state index contributed by atoms with van der Waals surface area (Å²) in [5, 5.41) is 2.65. The van der Waals surface area contributed by atoms with Gasteiger partial charge in [0.15, 0.2) is 12.4 Å². The number of pyridine rings is 2. The summed E-state index contributed by atoms with van der Waals surface area (Å²) in [5.41, 5.74) is 2.68. The summed E-state index contributed by atoms with van der Waals surface area (Å²) in [5.74, 6) is 0. The second-order valence-electron chi connectivity index (χ2n) is 7.29. The molecule has 0 spiro atoms. The zero-order valence-electron chi connectivity index (χ0n) is 16.7. The smallest absolute Gasteiger partial charge is 0.212 e. The quantitative estimate of drug-likeness (QED) is 0.215. The van der Waals surface area contributed by atoms with Crippen molar-refractivity contribution in [2.24, 2.45) is 0 Å². The van der Waals surface area contributed by atoms with Crippen LogP contribution in [0.3, 0.4) is 0 Å². The van der Waals surface area contributed by atoms with E-state index in [0.29, 0.717) is 0 Å². The molecule has 0 saturated carbocycles. The number of halogens is 2. The molecule has 0 amide bonds. The SMILES string of the molecule is [Br-].[Br-].c1ccc2c(c1)ccc[n+]2CCCCCCC[n+]1cccc2ccccc21. The first-order valence-corrected chi connectivity index (χ1v) is 10.2. The summed E-state index contributed by atoms with van der Waals surface area (Å²) in [6, 6.07) is 26.0. The molecule has 29 heavy (non-hydrogen) atoms. The molecule has 0 aliphatic carbocycles. The average Bonchev–Trinajstić information content (AvgIpc) is 2.73. The number of rotatable bonds is 8. The Kier molecular flexibility index (Phi) is 9.75. The van der Waals surface area contributed by atoms with Gasteiger partial charge in [0.25, 0.3) is 0 Å². The zero-order chi connectivity index (χ0) is 18.3. The first kappa shape index (κ1) is 23.5. The number of fused-ring (bicyclic) bond motifs is 2. The monoisotopic (exact) mass is 514 g/mol. The summed E-state index contributed by atoms with van der Waals surface area (Å²) in [4.78, 5) is 0. The van der Waals surface area contributed by atoms with Crippen LogP contribution in [0.25, 0.3) is 21.8 Å². The molecule has 4 heteroatoms. The summed E-state index contributed by atoms with van der Waals surface area (Å²) in [7, 11) is 0. The third-order valence-corrected chi connectivity index (χ3v) is 5.37. The second-order valence-corrected chi connectivity index (χ2v) is 7.29. The van der Waals surface area contributed by atoms with Crippen LogP contribution in [-0.2, 0) is 13.1 Å². The molecule has 2 heterocycles. The minimum atomic E-state index is 0. The molecule has 2 aromatic heterocycles. The number of para-hydroxylation sites is 2. The minimum Gasteiger partial charge on any atom is -1.00 e. The average molecular weight is 516 g/mol. The number of aromatic nitrogens is 2. The first-order chi connectivity index (χ1) is 13.4. The maximum atomic E-state index is 2.39. The molecule has 2 nitrogen and oxygen atoms in total. The topological polar surface area (TPSA) is 7.76 Å². The van der Waals surface area contributed by atoms with Crippen molar-refractivity contribution < 1.29 is 43.1 Å². The van der Waals surface area contributed by atoms with Gasteiger partial charge in [0.1, 0.15) is 13.1 Å². The van der Waals surface area contributed by atoms with Gasteiger partial charge in [-0.05, 0) is 37.1 Å². The van der Waals surface area contributed by atoms with Crippen LogP contribution in [0.4, 0.5) is 0 Å². The lowest BCUT2D eigenvalue weighted by atomic mass is 10.1. The second kappa shape index (κ2) is 12.0. The van der Waals surface area contributed by atoms with E-state index in [0.717, 1.165) is 13.1 Å². The van der Waals surface area contributed by atoms with E-state index >= 15 is 0 Å². The van der Waals surface area contributed by atoms with Gasteiger partial charge < -0.3 is 34.0 Å². The molecular weight excluding hydrogens is 488 g/mol. The van der Waals surface area contributed by atoms with Gasteiger partial charge in [0.05, 0.1) is 0 Å². The standard InChI is InChI=1S/C25H28N2.2BrH/c1(2-8-18-26-20-10-14-22-12-4-6-16-24(22)26)3-9-19-27-21-11-15-23-13-5-7-17-25(23)27;;/h4-7,10-17,20-21H,1-3,8-9,18-19H2;2*1H/q+2;;/p-2. The van der Waals surface area contributed by atoms with Crippen LogP contribution in [0.5, 0.6) is 0 Å². The minimum absolute atomic E-state index is 0. The van der Waals surface area contributed by atoms with Gasteiger partial charge in [-0.1, -0.05) is 30.7 Å². The first-order valence-electron chi connectivity index (χ1n) is 10.2. The molecule has 0 aliphatic heterocycles. The number of aryl methyl sites for hydroxylation is 2. The van der Waals surface area contributed by atoms with Crippen LogP contribution in [-0.4, -0.2) is 0 Å². The molecule has 0 aliphatic rings. The van der Waals surface area contributed by atoms with Gasteiger partial charge in [-0.3, -0.25) is 0 Å². The Bertz CT molecular complexity index is 939. The molecule has 0 radical (unpaired) electrons. The zero-order valence-corrected chi connectivity index (χ0v) is 19.9. The van der Waals surface area contributed by atoms with Gasteiger partial charge in [-0.2, -0.15) is 9.13 Å². The van der Waals surface area contributed by atoms with Gasteiger partial charge in [0, 0.05) is 47.9 Å². The van der Waals surface area contributed by atoms with Crippen molar-refractivity contribution in [2.45, 2.75) is 45.2 Å². The third kappa shape index (κ3) is 6.10. The summed E-state index contributed by atoms with van der Waals surface area (Å²) in [6.45, 7) is 2.22. The van der Waals surface area contributed by atoms with Crippen LogP contribution in [0.2, 0.25) is 0 Å². The van der Waals surface area contributed by atoms with Crippen LogP contribution in [0, 0.1) is 0 Å². The summed E-state index contributed by atoms with van der Waals surface area (Å²) in [6.07, 6.45) is 10.8. The summed E-state index contributed by atoms with van der Waals surface area (Å²) < 4.78 is 4.78. The molecule has 4 aromatic rings. The molecular formula is C25H28Br2N2. The fraction of sp³-hybridized carbons (Fsp3) is 0.280. The predicted molar refractivity (Wildman–Crippen MR) is 111 cm³/mol. The van der Waals surface area contributed by atoms with E-state index in [1.54, 1.807) is 0 Å². The number of benzene rings is 2. The van der Waals surface area contributed by atoms with Crippen molar-refractivity contribution in [2.75, 3.05) is 0 Å². The highest BCUT2D eigenvalue weighted by molar-refractivity contribution is 5.75. The van der Waals surface area contributed by atoms with E-state index < -0.39 is 0 Å². The third-order valence-electron chi connectivity index (χ3n) is 5.37. The normalized spacial score (nSPS) is 10.5. The Balaban J connectivity index is 0.00000150. The lowest BCUT2D eigenvalue weighted by Crippen LogP contribution is -3.00. The van der Waals surface area contributed by atoms with E-state index in [1.807, 2.05) is 0 Å². The molecule has 0 N–H and O–H groups in total. The number of hydrogen-bond acceptors (Lipinski definition) is 0. The fourth-order valence-electron chi connectivity index (χ4n) is 3.93. The van der Waals surface area contributed by atoms with Crippen LogP contribution >= 0.6 is 0 Å². The Labute approximate surface area is 194 Å². The highest BCUT2D eigenvalue weighted by atomic mass is 79.9. The molecule has 0 bridgehead atoms. The lowest BCUT2D eigenvalue weighted by Gasteiger charge is -2.03. The van der Waals surface area contributed by atoms with E-state index in [-0.39, 0.29) is 34.0 Å². The summed E-state index contributed by atoms with van der Waals surface area (Å²) >= 11 is 0. The van der Waals surface area contributed by atoms with Crippen molar-refractivity contribution in [3.8, 4) is 0 Å². The highest BCUT2D eigenvalue weighted by Crippen LogP contribution is 2.11. The molecule has 152 valence electrons. The maximum Gasteiger partial charge on any atom is 0.212 e. The molecule has 4 rings (SSSR count). The van der Waals surface area contributed by atoms with Gasteiger partial charge in [-0.25, -0.2) is 0 Å². The van der Waals surface area contributed by atoms with Crippen molar-refractivity contribution in [3.05, 3.63) is 85.2 Å². The van der Waals surface area contributed by atoms with Gasteiger partial charge in [0.2, 0.25) is 11.0 Å². The Morgan fingerprint density at radius 2 is 0.828 bits per heavy atom. The Morgan fingerprint density at radius 3 is 1.31 bits per heavy atom. The van der Waals surface area contributed by atoms with Crippen LogP contribution in [0.15, 0.2) is 85.2 Å². The van der Waals surface area contributed by atoms with E-state index in [1.165, 1.54) is 53.9 Å². The number of unbranched alkanes of at least 4 members (excludes halogenated alkanes) is 4. The van der Waals surface area contributed by atoms with Crippen LogP contribution < -0.4 is 43.1 Å². The van der Waals surface area contributed by atoms with Crippen molar-refractivity contribution in [1.82, 2.24) is 0 Å². The van der Waals surface area contributed by atoms with E-state index in [2.05, 4.69) is 94.3 Å². The fourth-order valence-corrected chi connectivity index (χ4v) is 3.93. The van der Waals surface area contributed by atoms with E-state index in [4.69, 9.17) is 0 Å². The maximum absolute atomic E-state index is 2.39. The molecule has 0 saturated heterocycles. The lowest BCUT2D eigenvalue weighted by molar-refractivity contribution is -0.672. The molecule has 0 fully saturated rings.